The molecule has 2 aromatic rings. The lowest BCUT2D eigenvalue weighted by Gasteiger charge is -2.11. The van der Waals surface area contributed by atoms with Crippen molar-refractivity contribution >= 4 is 5.97 Å². The number of carboxylic acid groups (broad SMARTS) is 1. The van der Waals surface area contributed by atoms with Gasteiger partial charge in [0.1, 0.15) is 5.82 Å². The van der Waals surface area contributed by atoms with Crippen LogP contribution in [0.15, 0.2) is 30.3 Å². The average molecular weight is 280 g/mol. The number of rotatable bonds is 3. The SMILES string of the molecule is Cc1cc(C(=O)O)c(Cc2ccccc2F)c(F)c1F. The van der Waals surface area contributed by atoms with Crippen molar-refractivity contribution in [2.45, 2.75) is 13.3 Å². The Bertz CT molecular complexity index is 681. The van der Waals surface area contributed by atoms with Crippen LogP contribution in [0.2, 0.25) is 0 Å². The van der Waals surface area contributed by atoms with Gasteiger partial charge in [0.05, 0.1) is 5.56 Å². The molecule has 0 amide bonds. The summed E-state index contributed by atoms with van der Waals surface area (Å²) in [6.07, 6.45) is -0.322. The lowest BCUT2D eigenvalue weighted by molar-refractivity contribution is 0.0695. The number of hydrogen-bond acceptors (Lipinski definition) is 1. The zero-order valence-corrected chi connectivity index (χ0v) is 10.6. The maximum Gasteiger partial charge on any atom is 0.336 e. The van der Waals surface area contributed by atoms with Gasteiger partial charge in [-0.3, -0.25) is 0 Å². The van der Waals surface area contributed by atoms with Gasteiger partial charge in [0.15, 0.2) is 11.6 Å². The molecule has 2 nitrogen and oxygen atoms in total. The van der Waals surface area contributed by atoms with E-state index in [-0.39, 0.29) is 28.7 Å². The van der Waals surface area contributed by atoms with Gasteiger partial charge >= 0.3 is 5.97 Å². The number of aryl methyl sites for hydroxylation is 1. The summed E-state index contributed by atoms with van der Waals surface area (Å²) in [5.74, 6) is -4.32. The fourth-order valence-corrected chi connectivity index (χ4v) is 1.99. The monoisotopic (exact) mass is 280 g/mol. The molecule has 2 rings (SSSR count). The highest BCUT2D eigenvalue weighted by atomic mass is 19.2. The minimum atomic E-state index is -1.38. The molecular weight excluding hydrogens is 269 g/mol. The molecule has 20 heavy (non-hydrogen) atoms. The Labute approximate surface area is 113 Å². The number of halogens is 3. The number of carboxylic acids is 1. The van der Waals surface area contributed by atoms with Crippen molar-refractivity contribution in [3.63, 3.8) is 0 Å². The van der Waals surface area contributed by atoms with Gasteiger partial charge in [-0.1, -0.05) is 18.2 Å². The molecule has 0 aliphatic rings. The van der Waals surface area contributed by atoms with Crippen LogP contribution < -0.4 is 0 Å². The molecule has 0 radical (unpaired) electrons. The molecule has 2 aromatic carbocycles. The van der Waals surface area contributed by atoms with Crippen molar-refractivity contribution in [3.8, 4) is 0 Å². The number of hydrogen-bond donors (Lipinski definition) is 1. The zero-order valence-electron chi connectivity index (χ0n) is 10.6. The molecule has 0 bridgehead atoms. The van der Waals surface area contributed by atoms with Crippen molar-refractivity contribution in [2.75, 3.05) is 0 Å². The number of benzene rings is 2. The van der Waals surface area contributed by atoms with E-state index in [0.29, 0.717) is 0 Å². The van der Waals surface area contributed by atoms with E-state index < -0.39 is 23.4 Å². The first-order valence-corrected chi connectivity index (χ1v) is 5.86. The van der Waals surface area contributed by atoms with Gasteiger partial charge in [-0.05, 0) is 30.2 Å². The van der Waals surface area contributed by atoms with Gasteiger partial charge in [0.2, 0.25) is 0 Å². The third-order valence-electron chi connectivity index (χ3n) is 3.05. The maximum atomic E-state index is 13.9. The van der Waals surface area contributed by atoms with Crippen LogP contribution in [0.4, 0.5) is 13.2 Å². The van der Waals surface area contributed by atoms with Gasteiger partial charge in [-0.2, -0.15) is 0 Å². The van der Waals surface area contributed by atoms with Gasteiger partial charge in [0, 0.05) is 12.0 Å². The molecule has 5 heteroatoms. The van der Waals surface area contributed by atoms with Crippen LogP contribution in [0.1, 0.15) is 27.0 Å². The van der Waals surface area contributed by atoms with Gasteiger partial charge < -0.3 is 5.11 Å². The van der Waals surface area contributed by atoms with Crippen LogP contribution in [-0.4, -0.2) is 11.1 Å². The summed E-state index contributed by atoms with van der Waals surface area (Å²) in [5.41, 5.74) is -0.704. The van der Waals surface area contributed by atoms with Crippen LogP contribution in [0.3, 0.4) is 0 Å². The van der Waals surface area contributed by atoms with Crippen molar-refractivity contribution < 1.29 is 23.1 Å². The van der Waals surface area contributed by atoms with Crippen LogP contribution in [0, 0.1) is 24.4 Å². The smallest absolute Gasteiger partial charge is 0.336 e. The molecule has 0 aliphatic carbocycles. The second-order valence-electron chi connectivity index (χ2n) is 4.42. The van der Waals surface area contributed by atoms with E-state index in [1.54, 1.807) is 6.07 Å². The molecule has 0 heterocycles. The van der Waals surface area contributed by atoms with Crippen molar-refractivity contribution in [1.82, 2.24) is 0 Å². The molecule has 0 saturated heterocycles. The number of carbonyl (C=O) groups is 1. The van der Waals surface area contributed by atoms with Crippen LogP contribution in [0.25, 0.3) is 0 Å². The first kappa shape index (κ1) is 14.1. The van der Waals surface area contributed by atoms with E-state index in [9.17, 15) is 18.0 Å². The minimum Gasteiger partial charge on any atom is -0.478 e. The van der Waals surface area contributed by atoms with E-state index in [4.69, 9.17) is 5.11 Å². The summed E-state index contributed by atoms with van der Waals surface area (Å²) in [6, 6.07) is 6.64. The maximum absolute atomic E-state index is 13.9. The first-order chi connectivity index (χ1) is 9.41. The van der Waals surface area contributed by atoms with Crippen LogP contribution >= 0.6 is 0 Å². The summed E-state index contributed by atoms with van der Waals surface area (Å²) in [4.78, 5) is 11.1. The standard InChI is InChI=1S/C15H11F3O2/c1-8-6-11(15(19)20)10(14(18)13(8)17)7-9-4-2-3-5-12(9)16/h2-6H,7H2,1H3,(H,19,20). The highest BCUT2D eigenvalue weighted by Gasteiger charge is 2.21. The Hall–Kier alpha value is -2.30. The Morgan fingerprint density at radius 1 is 1.15 bits per heavy atom. The molecule has 0 aliphatic heterocycles. The Balaban J connectivity index is 2.59. The van der Waals surface area contributed by atoms with E-state index in [0.717, 1.165) is 6.07 Å². The molecule has 0 saturated carbocycles. The Morgan fingerprint density at radius 3 is 2.40 bits per heavy atom. The number of aromatic carboxylic acids is 1. The van der Waals surface area contributed by atoms with Gasteiger partial charge in [-0.25, -0.2) is 18.0 Å². The third kappa shape index (κ3) is 2.52. The summed E-state index contributed by atoms with van der Waals surface area (Å²) in [6.45, 7) is 1.28. The lowest BCUT2D eigenvalue weighted by atomic mass is 9.96. The van der Waals surface area contributed by atoms with E-state index >= 15 is 0 Å². The van der Waals surface area contributed by atoms with Gasteiger partial charge in [0.25, 0.3) is 0 Å². The summed E-state index contributed by atoms with van der Waals surface area (Å²) < 4.78 is 41.1. The molecule has 0 fully saturated rings. The van der Waals surface area contributed by atoms with Crippen molar-refractivity contribution in [2.24, 2.45) is 0 Å². The zero-order chi connectivity index (χ0) is 14.9. The lowest BCUT2D eigenvalue weighted by Crippen LogP contribution is -2.10. The molecular formula is C15H11F3O2. The fraction of sp³-hybridized carbons (Fsp3) is 0.133. The average Bonchev–Trinajstić information content (AvgIpc) is 2.41. The van der Waals surface area contributed by atoms with Crippen LogP contribution in [0.5, 0.6) is 0 Å². The quantitative estimate of drug-likeness (QED) is 0.930. The Morgan fingerprint density at radius 2 is 1.80 bits per heavy atom. The van der Waals surface area contributed by atoms with E-state index in [1.165, 1.54) is 25.1 Å². The predicted molar refractivity (Wildman–Crippen MR) is 67.3 cm³/mol. The predicted octanol–water partition coefficient (Wildman–Crippen LogP) is 3.70. The second kappa shape index (κ2) is 5.36. The highest BCUT2D eigenvalue weighted by Crippen LogP contribution is 2.24. The normalized spacial score (nSPS) is 10.6. The highest BCUT2D eigenvalue weighted by molar-refractivity contribution is 5.90. The van der Waals surface area contributed by atoms with E-state index in [2.05, 4.69) is 0 Å². The molecule has 0 atom stereocenters. The third-order valence-corrected chi connectivity index (χ3v) is 3.05. The fourth-order valence-electron chi connectivity index (χ4n) is 1.99. The summed E-state index contributed by atoms with van der Waals surface area (Å²) >= 11 is 0. The molecule has 1 N–H and O–H groups in total. The van der Waals surface area contributed by atoms with Crippen molar-refractivity contribution in [3.05, 3.63) is 70.0 Å². The molecule has 0 aromatic heterocycles. The summed E-state index contributed by atoms with van der Waals surface area (Å²) in [5, 5.41) is 9.07. The topological polar surface area (TPSA) is 37.3 Å². The first-order valence-electron chi connectivity index (χ1n) is 5.86. The Kier molecular flexibility index (Phi) is 3.79. The largest absolute Gasteiger partial charge is 0.478 e. The minimum absolute atomic E-state index is 0.0998. The van der Waals surface area contributed by atoms with Crippen LogP contribution in [-0.2, 0) is 6.42 Å². The molecule has 0 unspecified atom stereocenters. The summed E-state index contributed by atoms with van der Waals surface area (Å²) in [7, 11) is 0. The van der Waals surface area contributed by atoms with Gasteiger partial charge in [-0.15, -0.1) is 0 Å². The van der Waals surface area contributed by atoms with Crippen molar-refractivity contribution in [1.29, 1.82) is 0 Å². The molecule has 104 valence electrons. The van der Waals surface area contributed by atoms with E-state index in [1.807, 2.05) is 0 Å². The molecule has 0 spiro atoms. The second-order valence-corrected chi connectivity index (χ2v) is 4.42.